The molecule has 0 bridgehead atoms. The summed E-state index contributed by atoms with van der Waals surface area (Å²) < 4.78 is 9.59. The molecule has 0 rings (SSSR count). The number of carbonyl (C=O) groups excluding carboxylic acids is 4. The van der Waals surface area contributed by atoms with E-state index in [2.05, 4.69) is 23.8 Å². The largest absolute Gasteiger partial charge is 0.464 e. The van der Waals surface area contributed by atoms with Gasteiger partial charge in [-0.2, -0.15) is 0 Å². The van der Waals surface area contributed by atoms with Crippen LogP contribution in [0, 0.1) is 0 Å². The van der Waals surface area contributed by atoms with Crippen LogP contribution >= 0.6 is 0 Å². The van der Waals surface area contributed by atoms with Gasteiger partial charge in [-0.1, -0.05) is 13.2 Å². The summed E-state index contributed by atoms with van der Waals surface area (Å²) in [7, 11) is 0. The number of hydrogen-bond donors (Lipinski definition) is 2. The number of esters is 2. The molecule has 0 fully saturated rings. The third-order valence-electron chi connectivity index (χ3n) is 2.23. The number of ether oxygens (including phenoxy) is 2. The van der Waals surface area contributed by atoms with Gasteiger partial charge in [0, 0.05) is 0 Å². The minimum Gasteiger partial charge on any atom is -0.464 e. The summed E-state index contributed by atoms with van der Waals surface area (Å²) in [5, 5.41) is 4.87. The summed E-state index contributed by atoms with van der Waals surface area (Å²) in [6.45, 7) is 6.91. The van der Waals surface area contributed by atoms with Crippen molar-refractivity contribution in [2.75, 3.05) is 26.3 Å². The maximum absolute atomic E-state index is 11.3. The van der Waals surface area contributed by atoms with E-state index in [0.717, 1.165) is 12.2 Å². The van der Waals surface area contributed by atoms with E-state index in [4.69, 9.17) is 9.47 Å². The van der Waals surface area contributed by atoms with Crippen molar-refractivity contribution in [3.8, 4) is 0 Å². The van der Waals surface area contributed by atoms with Crippen LogP contribution in [0.5, 0.6) is 0 Å². The van der Waals surface area contributed by atoms with Crippen LogP contribution in [-0.4, -0.2) is 50.1 Å². The Morgan fingerprint density at radius 3 is 1.45 bits per heavy atom. The molecule has 0 saturated heterocycles. The summed E-state index contributed by atoms with van der Waals surface area (Å²) in [6, 6.07) is 0. The molecule has 122 valence electrons. The molecule has 0 aliphatic heterocycles. The van der Waals surface area contributed by atoms with Crippen molar-refractivity contribution >= 4 is 23.8 Å². The van der Waals surface area contributed by atoms with Crippen molar-refractivity contribution in [3.05, 3.63) is 25.3 Å². The van der Waals surface area contributed by atoms with Gasteiger partial charge in [0.15, 0.2) is 0 Å². The fourth-order valence-corrected chi connectivity index (χ4v) is 1.17. The molecule has 22 heavy (non-hydrogen) atoms. The van der Waals surface area contributed by atoms with E-state index in [9.17, 15) is 19.2 Å². The molecule has 0 aromatic rings. The van der Waals surface area contributed by atoms with Crippen LogP contribution in [0.1, 0.15) is 12.8 Å². The Morgan fingerprint density at radius 1 is 0.773 bits per heavy atom. The Kier molecular flexibility index (Phi) is 10.7. The van der Waals surface area contributed by atoms with Crippen molar-refractivity contribution in [1.29, 1.82) is 0 Å². The van der Waals surface area contributed by atoms with E-state index < -0.39 is 11.9 Å². The second-order valence-corrected chi connectivity index (χ2v) is 3.93. The summed E-state index contributed by atoms with van der Waals surface area (Å²) in [5.41, 5.74) is 0. The van der Waals surface area contributed by atoms with Crippen molar-refractivity contribution < 1.29 is 28.7 Å². The number of amides is 2. The molecule has 0 aromatic heterocycles. The fourth-order valence-electron chi connectivity index (χ4n) is 1.17. The number of rotatable bonds is 11. The van der Waals surface area contributed by atoms with Gasteiger partial charge in [-0.15, -0.1) is 0 Å². The van der Waals surface area contributed by atoms with Crippen LogP contribution < -0.4 is 10.6 Å². The molecule has 2 N–H and O–H groups in total. The zero-order valence-corrected chi connectivity index (χ0v) is 12.3. The highest BCUT2D eigenvalue weighted by Gasteiger charge is 2.09. The van der Waals surface area contributed by atoms with Gasteiger partial charge in [-0.3, -0.25) is 19.2 Å². The van der Waals surface area contributed by atoms with Gasteiger partial charge in [0.2, 0.25) is 11.8 Å². The third kappa shape index (κ3) is 11.2. The standard InChI is InChI=1S/C14H20N2O6/c1-3-11(17)15-7-9-21-13(19)5-6-14(20)22-10-8-16-12(18)4-2/h3-4H,1-2,5-10H2,(H,15,17)(H,16,18). The summed E-state index contributed by atoms with van der Waals surface area (Å²) in [6.07, 6.45) is 1.98. The molecule has 0 aliphatic carbocycles. The lowest BCUT2D eigenvalue weighted by atomic mass is 10.3. The number of carbonyl (C=O) groups is 4. The lowest BCUT2D eigenvalue weighted by Gasteiger charge is -2.06. The van der Waals surface area contributed by atoms with E-state index in [0.29, 0.717) is 0 Å². The lowest BCUT2D eigenvalue weighted by molar-refractivity contribution is -0.150. The monoisotopic (exact) mass is 312 g/mol. The first-order valence-corrected chi connectivity index (χ1v) is 6.61. The van der Waals surface area contributed by atoms with Crippen LogP contribution in [0.4, 0.5) is 0 Å². The minimum atomic E-state index is -0.565. The van der Waals surface area contributed by atoms with Crippen LogP contribution in [0.25, 0.3) is 0 Å². The van der Waals surface area contributed by atoms with Crippen LogP contribution in [0.3, 0.4) is 0 Å². The van der Waals surface area contributed by atoms with E-state index in [1.165, 1.54) is 0 Å². The third-order valence-corrected chi connectivity index (χ3v) is 2.23. The smallest absolute Gasteiger partial charge is 0.306 e. The van der Waals surface area contributed by atoms with Gasteiger partial charge < -0.3 is 20.1 Å². The Morgan fingerprint density at radius 2 is 1.14 bits per heavy atom. The SMILES string of the molecule is C=CC(=O)NCCOC(=O)CCC(=O)OCCNC(=O)C=C. The highest BCUT2D eigenvalue weighted by molar-refractivity contribution is 5.87. The average molecular weight is 312 g/mol. The van der Waals surface area contributed by atoms with E-state index >= 15 is 0 Å². The lowest BCUT2D eigenvalue weighted by Crippen LogP contribution is -2.27. The van der Waals surface area contributed by atoms with E-state index in [1.54, 1.807) is 0 Å². The molecule has 0 unspecified atom stereocenters. The van der Waals surface area contributed by atoms with Crippen LogP contribution in [-0.2, 0) is 28.7 Å². The molecule has 2 amide bonds. The van der Waals surface area contributed by atoms with Crippen LogP contribution in [0.15, 0.2) is 25.3 Å². The van der Waals surface area contributed by atoms with Crippen LogP contribution in [0.2, 0.25) is 0 Å². The van der Waals surface area contributed by atoms with E-state index in [-0.39, 0.29) is 51.0 Å². The molecule has 0 heterocycles. The molecular weight excluding hydrogens is 292 g/mol. The molecular formula is C14H20N2O6. The Bertz CT molecular complexity index is 393. The maximum atomic E-state index is 11.3. The van der Waals surface area contributed by atoms with Gasteiger partial charge >= 0.3 is 11.9 Å². The first kappa shape index (κ1) is 19.4. The Labute approximate surface area is 128 Å². The molecule has 8 nitrogen and oxygen atoms in total. The summed E-state index contributed by atoms with van der Waals surface area (Å²) >= 11 is 0. The number of hydrogen-bond acceptors (Lipinski definition) is 6. The average Bonchev–Trinajstić information content (AvgIpc) is 2.52. The van der Waals surface area contributed by atoms with Crippen molar-refractivity contribution in [3.63, 3.8) is 0 Å². The molecule has 0 atom stereocenters. The molecule has 0 radical (unpaired) electrons. The van der Waals surface area contributed by atoms with Crippen molar-refractivity contribution in [2.24, 2.45) is 0 Å². The zero-order valence-electron chi connectivity index (χ0n) is 12.3. The summed E-state index contributed by atoms with van der Waals surface area (Å²) in [4.78, 5) is 44.2. The molecule has 0 saturated carbocycles. The molecule has 8 heteroatoms. The molecule has 0 aliphatic rings. The summed E-state index contributed by atoms with van der Waals surface area (Å²) in [5.74, 6) is -1.85. The molecule has 0 spiro atoms. The van der Waals surface area contributed by atoms with Gasteiger partial charge in [-0.05, 0) is 12.2 Å². The second kappa shape index (κ2) is 12.1. The minimum absolute atomic E-state index is 0.0149. The highest BCUT2D eigenvalue weighted by atomic mass is 16.5. The normalized spacial score (nSPS) is 9.27. The number of nitrogens with one attached hydrogen (secondary N) is 2. The van der Waals surface area contributed by atoms with Gasteiger partial charge in [0.25, 0.3) is 0 Å². The predicted molar refractivity (Wildman–Crippen MR) is 77.6 cm³/mol. The quantitative estimate of drug-likeness (QED) is 0.301. The van der Waals surface area contributed by atoms with Gasteiger partial charge in [0.05, 0.1) is 25.9 Å². The maximum Gasteiger partial charge on any atom is 0.306 e. The first-order valence-electron chi connectivity index (χ1n) is 6.61. The van der Waals surface area contributed by atoms with Crippen molar-refractivity contribution in [1.82, 2.24) is 10.6 Å². The zero-order chi connectivity index (χ0) is 16.8. The highest BCUT2D eigenvalue weighted by Crippen LogP contribution is 1.95. The Hall–Kier alpha value is -2.64. The topological polar surface area (TPSA) is 111 Å². The molecule has 0 aromatic carbocycles. The van der Waals surface area contributed by atoms with Crippen molar-refractivity contribution in [2.45, 2.75) is 12.8 Å². The first-order chi connectivity index (χ1) is 10.5. The van der Waals surface area contributed by atoms with Gasteiger partial charge in [-0.25, -0.2) is 0 Å². The Balaban J connectivity index is 3.58. The fraction of sp³-hybridized carbons (Fsp3) is 0.429. The second-order valence-electron chi connectivity index (χ2n) is 3.93. The predicted octanol–water partition coefficient (Wildman–Crippen LogP) is -0.543. The van der Waals surface area contributed by atoms with E-state index in [1.807, 2.05) is 0 Å². The van der Waals surface area contributed by atoms with Gasteiger partial charge in [0.1, 0.15) is 13.2 Å².